The van der Waals surface area contributed by atoms with E-state index in [9.17, 15) is 15.0 Å². The van der Waals surface area contributed by atoms with Gasteiger partial charge in [-0.3, -0.25) is 24.4 Å². The first-order valence-corrected chi connectivity index (χ1v) is 12.0. The molecule has 2 aliphatic heterocycles. The number of rotatable bonds is 9. The van der Waals surface area contributed by atoms with Gasteiger partial charge >= 0.3 is 0 Å². The highest BCUT2D eigenvalue weighted by Crippen LogP contribution is 2.29. The number of Topliss-reactive ketones (excluding diaryl/α,β-unsaturated/α-hetero) is 1. The summed E-state index contributed by atoms with van der Waals surface area (Å²) < 4.78 is 12.6. The molecule has 0 saturated carbocycles. The van der Waals surface area contributed by atoms with E-state index in [0.29, 0.717) is 30.2 Å². The Hall–Kier alpha value is -0.590. The SMILES string of the molecule is CCC(Oc1ccc(C(C)=O)c(OC(CC)N2CCN(C)C(O)C2)c1)N1CCN(C)C(O)C1.Cl.Cl.Cl.Cl. The van der Waals surface area contributed by atoms with Crippen LogP contribution in [0.5, 0.6) is 11.5 Å². The van der Waals surface area contributed by atoms with Gasteiger partial charge in [-0.2, -0.15) is 0 Å². The van der Waals surface area contributed by atoms with Gasteiger partial charge in [-0.1, -0.05) is 13.8 Å². The molecule has 0 amide bonds. The molecule has 13 heteroatoms. The van der Waals surface area contributed by atoms with E-state index in [-0.39, 0.29) is 67.9 Å². The summed E-state index contributed by atoms with van der Waals surface area (Å²) in [6.07, 6.45) is -0.00849. The van der Waals surface area contributed by atoms with Crippen LogP contribution in [-0.2, 0) is 0 Å². The van der Waals surface area contributed by atoms with Gasteiger partial charge < -0.3 is 19.7 Å². The Morgan fingerprint density at radius 2 is 1.32 bits per heavy atom. The summed E-state index contributed by atoms with van der Waals surface area (Å²) in [5.74, 6) is 1.05. The van der Waals surface area contributed by atoms with Gasteiger partial charge in [0.25, 0.3) is 0 Å². The van der Waals surface area contributed by atoms with Gasteiger partial charge in [0, 0.05) is 45.3 Å². The van der Waals surface area contributed by atoms with Crippen molar-refractivity contribution in [1.29, 1.82) is 0 Å². The lowest BCUT2D eigenvalue weighted by Gasteiger charge is -2.40. The van der Waals surface area contributed by atoms with Crippen LogP contribution in [0.1, 0.15) is 44.0 Å². The van der Waals surface area contributed by atoms with Crippen molar-refractivity contribution < 1.29 is 24.5 Å². The quantitative estimate of drug-likeness (QED) is 0.410. The van der Waals surface area contributed by atoms with E-state index in [1.54, 1.807) is 18.2 Å². The standard InChI is InChI=1S/C24H40N4O5.4ClH/c1-6-23(27-12-10-25(4)21(30)15-27)32-18-8-9-19(17(3)29)20(14-18)33-24(7-2)28-13-11-26(5)22(31)16-28;;;;/h8-9,14,21-24,30-31H,6-7,10-13,15-16H2,1-5H3;4*1H. The Morgan fingerprint density at radius 1 is 0.865 bits per heavy atom. The van der Waals surface area contributed by atoms with Crippen LogP contribution in [0.3, 0.4) is 0 Å². The first kappa shape index (κ1) is 38.6. The summed E-state index contributed by atoms with van der Waals surface area (Å²) in [5.41, 5.74) is 0.513. The summed E-state index contributed by atoms with van der Waals surface area (Å²) >= 11 is 0. The van der Waals surface area contributed by atoms with Crippen molar-refractivity contribution in [2.45, 2.75) is 58.5 Å². The zero-order chi connectivity index (χ0) is 24.1. The van der Waals surface area contributed by atoms with Crippen LogP contribution in [-0.4, -0.2) is 114 Å². The van der Waals surface area contributed by atoms with E-state index < -0.39 is 12.5 Å². The lowest BCUT2D eigenvalue weighted by Crippen LogP contribution is -2.55. The Kier molecular flexibility index (Phi) is 18.6. The molecule has 0 spiro atoms. The predicted molar refractivity (Wildman–Crippen MR) is 155 cm³/mol. The van der Waals surface area contributed by atoms with E-state index in [4.69, 9.17) is 9.47 Å². The predicted octanol–water partition coefficient (Wildman–Crippen LogP) is 2.94. The van der Waals surface area contributed by atoms with E-state index in [1.807, 2.05) is 30.8 Å². The maximum Gasteiger partial charge on any atom is 0.163 e. The summed E-state index contributed by atoms with van der Waals surface area (Å²) in [5, 5.41) is 20.5. The molecule has 2 aliphatic rings. The minimum atomic E-state index is -0.539. The Labute approximate surface area is 246 Å². The largest absolute Gasteiger partial charge is 0.475 e. The molecule has 2 N–H and O–H groups in total. The van der Waals surface area contributed by atoms with E-state index in [2.05, 4.69) is 16.7 Å². The number of hydrogen-bond donors (Lipinski definition) is 2. The van der Waals surface area contributed by atoms with Crippen LogP contribution in [0.25, 0.3) is 0 Å². The molecule has 4 atom stereocenters. The summed E-state index contributed by atoms with van der Waals surface area (Å²) in [4.78, 5) is 20.4. The molecule has 1 aromatic carbocycles. The van der Waals surface area contributed by atoms with Gasteiger partial charge in [-0.25, -0.2) is 0 Å². The lowest BCUT2D eigenvalue weighted by molar-refractivity contribution is -0.0910. The second-order valence-electron chi connectivity index (χ2n) is 9.09. The number of ketones is 1. The highest BCUT2D eigenvalue weighted by Gasteiger charge is 2.30. The molecule has 2 fully saturated rings. The third kappa shape index (κ3) is 10.1. The molecule has 4 unspecified atom stereocenters. The number of β-amino-alcohol motifs (C(OH)–C–C–N with tert-alkyl or cyclic N) is 2. The Balaban J connectivity index is 0. The van der Waals surface area contributed by atoms with Crippen LogP contribution in [0.4, 0.5) is 0 Å². The Morgan fingerprint density at radius 3 is 1.73 bits per heavy atom. The molecule has 0 radical (unpaired) electrons. The number of ether oxygens (including phenoxy) is 2. The molecule has 9 nitrogen and oxygen atoms in total. The number of nitrogens with zero attached hydrogens (tertiary/aromatic N) is 4. The molecule has 2 saturated heterocycles. The number of benzene rings is 1. The molecule has 3 rings (SSSR count). The van der Waals surface area contributed by atoms with Crippen molar-refractivity contribution in [3.8, 4) is 11.5 Å². The number of carbonyl (C=O) groups excluding carboxylic acids is 1. The average molecular weight is 610 g/mol. The highest BCUT2D eigenvalue weighted by molar-refractivity contribution is 5.97. The molecule has 0 bridgehead atoms. The van der Waals surface area contributed by atoms with E-state index in [0.717, 1.165) is 39.0 Å². The van der Waals surface area contributed by atoms with Crippen molar-refractivity contribution in [1.82, 2.24) is 19.6 Å². The van der Waals surface area contributed by atoms with E-state index in [1.165, 1.54) is 6.92 Å². The van der Waals surface area contributed by atoms with Crippen LogP contribution in [0, 0.1) is 0 Å². The van der Waals surface area contributed by atoms with Gasteiger partial charge in [0.15, 0.2) is 18.2 Å². The molecule has 218 valence electrons. The zero-order valence-corrected chi connectivity index (χ0v) is 25.5. The number of aliphatic hydroxyl groups is 2. The fourth-order valence-electron chi connectivity index (χ4n) is 4.37. The number of likely N-dealkylation sites (N-methyl/N-ethyl adjacent to an activating group) is 2. The summed E-state index contributed by atoms with van der Waals surface area (Å²) in [6.45, 7) is 9.75. The van der Waals surface area contributed by atoms with Gasteiger partial charge in [-0.15, -0.1) is 49.6 Å². The Bertz CT molecular complexity index is 812. The number of hydrogen-bond acceptors (Lipinski definition) is 9. The molecule has 0 aromatic heterocycles. The van der Waals surface area contributed by atoms with Crippen LogP contribution < -0.4 is 9.47 Å². The normalized spacial score (nSPS) is 22.8. The number of halogens is 4. The minimum absolute atomic E-state index is 0. The third-order valence-corrected chi connectivity index (χ3v) is 6.67. The molecular formula is C24H44Cl4N4O5. The van der Waals surface area contributed by atoms with Crippen molar-refractivity contribution in [2.75, 3.05) is 53.4 Å². The average Bonchev–Trinajstić information content (AvgIpc) is 2.79. The van der Waals surface area contributed by atoms with Crippen LogP contribution >= 0.6 is 49.6 Å². The highest BCUT2D eigenvalue weighted by atomic mass is 35.5. The number of carbonyl (C=O) groups is 1. The van der Waals surface area contributed by atoms with Crippen molar-refractivity contribution in [3.05, 3.63) is 23.8 Å². The second kappa shape index (κ2) is 17.9. The van der Waals surface area contributed by atoms with Crippen molar-refractivity contribution in [2.24, 2.45) is 0 Å². The smallest absolute Gasteiger partial charge is 0.163 e. The summed E-state index contributed by atoms with van der Waals surface area (Å²) in [6, 6.07) is 5.35. The summed E-state index contributed by atoms with van der Waals surface area (Å²) in [7, 11) is 3.82. The molecule has 2 heterocycles. The maximum absolute atomic E-state index is 12.3. The third-order valence-electron chi connectivity index (χ3n) is 6.67. The second-order valence-corrected chi connectivity index (χ2v) is 9.09. The van der Waals surface area contributed by atoms with Gasteiger partial charge in [0.05, 0.1) is 5.56 Å². The fraction of sp³-hybridized carbons (Fsp3) is 0.708. The minimum Gasteiger partial charge on any atom is -0.475 e. The zero-order valence-electron chi connectivity index (χ0n) is 22.2. The number of aliphatic hydroxyl groups excluding tert-OH is 2. The van der Waals surface area contributed by atoms with Crippen molar-refractivity contribution in [3.63, 3.8) is 0 Å². The van der Waals surface area contributed by atoms with Gasteiger partial charge in [0.2, 0.25) is 0 Å². The monoisotopic (exact) mass is 608 g/mol. The van der Waals surface area contributed by atoms with Crippen LogP contribution in [0.15, 0.2) is 18.2 Å². The van der Waals surface area contributed by atoms with Crippen LogP contribution in [0.2, 0.25) is 0 Å². The molecule has 1 aromatic rings. The fourth-order valence-corrected chi connectivity index (χ4v) is 4.37. The molecular weight excluding hydrogens is 566 g/mol. The topological polar surface area (TPSA) is 89.0 Å². The number of piperazine rings is 2. The van der Waals surface area contributed by atoms with Gasteiger partial charge in [-0.05, 0) is 46.0 Å². The maximum atomic E-state index is 12.3. The van der Waals surface area contributed by atoms with E-state index >= 15 is 0 Å². The van der Waals surface area contributed by atoms with Crippen molar-refractivity contribution >= 4 is 55.4 Å². The lowest BCUT2D eigenvalue weighted by atomic mass is 10.1. The first-order valence-electron chi connectivity index (χ1n) is 12.0. The molecule has 0 aliphatic carbocycles. The first-order chi connectivity index (χ1) is 15.7. The molecule has 37 heavy (non-hydrogen) atoms. The van der Waals surface area contributed by atoms with Gasteiger partial charge in [0.1, 0.15) is 24.0 Å².